The van der Waals surface area contributed by atoms with E-state index in [0.29, 0.717) is 32.4 Å². The normalized spacial score (nSPS) is 17.3. The fraction of sp³-hybridized carbons (Fsp3) is 0.773. The number of nitrogens with one attached hydrogen (secondary N) is 3. The zero-order valence-electron chi connectivity index (χ0n) is 19.5. The molecule has 0 radical (unpaired) electrons. The molecule has 1 aliphatic heterocycles. The molecule has 9 nitrogen and oxygen atoms in total. The van der Waals surface area contributed by atoms with Gasteiger partial charge in [-0.05, 0) is 31.6 Å². The summed E-state index contributed by atoms with van der Waals surface area (Å²) in [6, 6.07) is -0.713. The molecule has 0 aromatic heterocycles. The summed E-state index contributed by atoms with van der Waals surface area (Å²) in [4.78, 5) is 61.7. The van der Waals surface area contributed by atoms with Gasteiger partial charge in [0.15, 0.2) is 0 Å². The number of hydrogen-bond donors (Lipinski definition) is 3. The summed E-state index contributed by atoms with van der Waals surface area (Å²) in [5, 5.41) is 7.88. The highest BCUT2D eigenvalue weighted by atomic mass is 16.2. The van der Waals surface area contributed by atoms with Crippen LogP contribution in [-0.2, 0) is 24.0 Å². The fourth-order valence-corrected chi connectivity index (χ4v) is 3.51. The lowest BCUT2D eigenvalue weighted by molar-refractivity contribution is -0.140. The van der Waals surface area contributed by atoms with E-state index >= 15 is 0 Å². The van der Waals surface area contributed by atoms with Gasteiger partial charge in [-0.2, -0.15) is 0 Å². The van der Waals surface area contributed by atoms with Crippen LogP contribution in [0, 0.1) is 17.8 Å². The molecule has 182 valence electrons. The number of likely N-dealkylation sites (tertiary alicyclic amines) is 1. The minimum Gasteiger partial charge on any atom is -0.355 e. The fourth-order valence-electron chi connectivity index (χ4n) is 3.51. The lowest BCUT2D eigenvalue weighted by Crippen LogP contribution is -2.51. The average molecular weight is 445 g/mol. The molecule has 1 aliphatic rings. The summed E-state index contributed by atoms with van der Waals surface area (Å²) in [5.74, 6) is -1.29. The number of imide groups is 1. The second kappa shape index (κ2) is 13.1. The largest absolute Gasteiger partial charge is 0.355 e. The Hall–Kier alpha value is -2.45. The van der Waals surface area contributed by atoms with Crippen molar-refractivity contribution >= 4 is 29.5 Å². The van der Waals surface area contributed by atoms with Crippen molar-refractivity contribution in [1.29, 1.82) is 0 Å². The molecule has 2 atom stereocenters. The molecule has 31 heavy (non-hydrogen) atoms. The van der Waals surface area contributed by atoms with Crippen LogP contribution in [0.25, 0.3) is 0 Å². The Balaban J connectivity index is -0.00000320. The standard InChI is InChI=1S/C22H38N4O5.3H2/c1-6-23-18(28)13-24-21(30)20(15(4)5)25-17(27)10-8-7-9-11-26-19(29)12-16(14(2)3)22(26)31;;;/h14-16,20H,6-13H2,1-5H3,(H,23,28)(H,24,30)(H,25,27);3*1H/t16?,20-;;;/m0.../s1. The van der Waals surface area contributed by atoms with Gasteiger partial charge in [-0.1, -0.05) is 34.1 Å². The lowest BCUT2D eigenvalue weighted by Gasteiger charge is -2.21. The lowest BCUT2D eigenvalue weighted by atomic mass is 9.94. The predicted octanol–water partition coefficient (Wildman–Crippen LogP) is 1.71. The first kappa shape index (κ1) is 26.6. The zero-order chi connectivity index (χ0) is 23.6. The quantitative estimate of drug-likeness (QED) is 0.295. The molecule has 9 heteroatoms. The molecular weight excluding hydrogens is 400 g/mol. The molecule has 1 heterocycles. The van der Waals surface area contributed by atoms with Crippen LogP contribution >= 0.6 is 0 Å². The number of rotatable bonds is 13. The topological polar surface area (TPSA) is 125 Å². The van der Waals surface area contributed by atoms with E-state index in [-0.39, 0.29) is 71.0 Å². The molecule has 0 aromatic carbocycles. The van der Waals surface area contributed by atoms with Crippen molar-refractivity contribution in [1.82, 2.24) is 20.9 Å². The van der Waals surface area contributed by atoms with Gasteiger partial charge in [0.05, 0.1) is 6.54 Å². The first-order valence-electron chi connectivity index (χ1n) is 11.3. The van der Waals surface area contributed by atoms with Crippen LogP contribution in [0.5, 0.6) is 0 Å². The third-order valence-corrected chi connectivity index (χ3v) is 5.43. The summed E-state index contributed by atoms with van der Waals surface area (Å²) < 4.78 is 0. The maximum Gasteiger partial charge on any atom is 0.243 e. The van der Waals surface area contributed by atoms with Gasteiger partial charge in [-0.15, -0.1) is 0 Å². The highest BCUT2D eigenvalue weighted by Gasteiger charge is 2.39. The molecular formula is C22H44N4O5. The van der Waals surface area contributed by atoms with E-state index in [2.05, 4.69) is 16.0 Å². The van der Waals surface area contributed by atoms with Crippen LogP contribution in [-0.4, -0.2) is 60.1 Å². The van der Waals surface area contributed by atoms with Crippen molar-refractivity contribution in [2.45, 2.75) is 72.8 Å². The van der Waals surface area contributed by atoms with E-state index in [9.17, 15) is 24.0 Å². The molecule has 5 amide bonds. The highest BCUT2D eigenvalue weighted by Crippen LogP contribution is 2.26. The second-order valence-electron chi connectivity index (χ2n) is 8.71. The van der Waals surface area contributed by atoms with Gasteiger partial charge in [0.25, 0.3) is 0 Å². The van der Waals surface area contributed by atoms with Crippen LogP contribution < -0.4 is 16.0 Å². The van der Waals surface area contributed by atoms with Crippen LogP contribution in [0.1, 0.15) is 71.0 Å². The molecule has 1 saturated heterocycles. The number of hydrogen-bond acceptors (Lipinski definition) is 5. The van der Waals surface area contributed by atoms with Gasteiger partial charge in [-0.25, -0.2) is 0 Å². The first-order chi connectivity index (χ1) is 14.6. The van der Waals surface area contributed by atoms with Crippen LogP contribution in [0.4, 0.5) is 0 Å². The van der Waals surface area contributed by atoms with Gasteiger partial charge in [0.2, 0.25) is 29.5 Å². The van der Waals surface area contributed by atoms with Crippen LogP contribution in [0.15, 0.2) is 0 Å². The molecule has 1 fully saturated rings. The second-order valence-corrected chi connectivity index (χ2v) is 8.71. The van der Waals surface area contributed by atoms with Crippen molar-refractivity contribution in [3.05, 3.63) is 0 Å². The van der Waals surface area contributed by atoms with Crippen LogP contribution in [0.3, 0.4) is 0 Å². The number of carbonyl (C=O) groups is 5. The smallest absolute Gasteiger partial charge is 0.243 e. The molecule has 0 bridgehead atoms. The van der Waals surface area contributed by atoms with Gasteiger partial charge in [-0.3, -0.25) is 28.9 Å². The Bertz CT molecular complexity index is 677. The molecule has 0 spiro atoms. The summed E-state index contributed by atoms with van der Waals surface area (Å²) >= 11 is 0. The zero-order valence-corrected chi connectivity index (χ0v) is 19.5. The summed E-state index contributed by atoms with van der Waals surface area (Å²) in [6.45, 7) is 10.1. The predicted molar refractivity (Wildman–Crippen MR) is 123 cm³/mol. The molecule has 0 aliphatic carbocycles. The minimum absolute atomic E-state index is 0. The molecule has 1 rings (SSSR count). The molecule has 1 unspecified atom stereocenters. The summed E-state index contributed by atoms with van der Waals surface area (Å²) in [7, 11) is 0. The Morgan fingerprint density at radius 1 is 1.03 bits per heavy atom. The van der Waals surface area contributed by atoms with Crippen molar-refractivity contribution in [2.75, 3.05) is 19.6 Å². The van der Waals surface area contributed by atoms with Crippen LogP contribution in [0.2, 0.25) is 0 Å². The summed E-state index contributed by atoms with van der Waals surface area (Å²) in [6.07, 6.45) is 2.49. The summed E-state index contributed by atoms with van der Waals surface area (Å²) in [5.41, 5.74) is 0. The van der Waals surface area contributed by atoms with E-state index in [4.69, 9.17) is 0 Å². The number of carbonyl (C=O) groups excluding carboxylic acids is 5. The van der Waals surface area contributed by atoms with E-state index in [0.717, 1.165) is 0 Å². The van der Waals surface area contributed by atoms with Gasteiger partial charge < -0.3 is 16.0 Å². The monoisotopic (exact) mass is 444 g/mol. The number of likely N-dealkylation sites (N-methyl/N-ethyl adjacent to an activating group) is 1. The van der Waals surface area contributed by atoms with Gasteiger partial charge >= 0.3 is 0 Å². The third-order valence-electron chi connectivity index (χ3n) is 5.43. The number of nitrogens with zero attached hydrogens (tertiary/aromatic N) is 1. The molecule has 0 aromatic rings. The Morgan fingerprint density at radius 2 is 1.71 bits per heavy atom. The maximum absolute atomic E-state index is 12.3. The number of unbranched alkanes of at least 4 members (excludes halogenated alkanes) is 2. The average Bonchev–Trinajstić information content (AvgIpc) is 2.98. The van der Waals surface area contributed by atoms with Crippen molar-refractivity contribution < 1.29 is 28.3 Å². The van der Waals surface area contributed by atoms with Crippen molar-refractivity contribution in [3.8, 4) is 0 Å². The van der Waals surface area contributed by atoms with E-state index < -0.39 is 6.04 Å². The highest BCUT2D eigenvalue weighted by molar-refractivity contribution is 6.03. The van der Waals surface area contributed by atoms with E-state index in [1.54, 1.807) is 6.92 Å². The maximum atomic E-state index is 12.3. The molecule has 3 N–H and O–H groups in total. The van der Waals surface area contributed by atoms with Crippen molar-refractivity contribution in [3.63, 3.8) is 0 Å². The SMILES string of the molecule is CCNC(=O)CNC(=O)[C@@H](NC(=O)CCCCCN1C(=O)CC(C(C)C)C1=O)C(C)C.[HH].[HH].[HH]. The Kier molecular flexibility index (Phi) is 11.2. The Labute approximate surface area is 189 Å². The molecule has 0 saturated carbocycles. The van der Waals surface area contributed by atoms with Crippen molar-refractivity contribution in [2.24, 2.45) is 17.8 Å². The number of amides is 5. The van der Waals surface area contributed by atoms with Gasteiger partial charge in [0.1, 0.15) is 6.04 Å². The minimum atomic E-state index is -0.713. The van der Waals surface area contributed by atoms with E-state index in [1.165, 1.54) is 4.90 Å². The van der Waals surface area contributed by atoms with E-state index in [1.807, 2.05) is 27.7 Å². The first-order valence-corrected chi connectivity index (χ1v) is 11.3. The van der Waals surface area contributed by atoms with Gasteiger partial charge in [0, 0.05) is 36.1 Å². The Morgan fingerprint density at radius 3 is 2.26 bits per heavy atom. The third kappa shape index (κ3) is 8.67.